The Morgan fingerprint density at radius 3 is 2.06 bits per heavy atom. The average Bonchev–Trinajstić information content (AvgIpc) is 3.50. The van der Waals surface area contributed by atoms with Gasteiger partial charge >= 0.3 is 0 Å². The van der Waals surface area contributed by atoms with Gasteiger partial charge in [0.05, 0.1) is 5.76 Å². The van der Waals surface area contributed by atoms with Gasteiger partial charge in [-0.1, -0.05) is 117 Å². The maximum absolute atomic E-state index is 12.2. The van der Waals surface area contributed by atoms with Gasteiger partial charge in [0.2, 0.25) is 5.71 Å². The molecule has 0 amide bonds. The average molecular weight is 896 g/mol. The van der Waals surface area contributed by atoms with Crippen LogP contribution in [0.1, 0.15) is 126 Å². The Bertz CT molecular complexity index is 2100. The molecule has 6 nitrogen and oxygen atoms in total. The van der Waals surface area contributed by atoms with Crippen molar-refractivity contribution in [3.8, 4) is 11.3 Å². The number of fused-ring (bicyclic) bond motifs is 4. The first-order chi connectivity index (χ1) is 24.4. The van der Waals surface area contributed by atoms with Crippen LogP contribution in [-0.4, -0.2) is 26.0 Å². The second-order valence-corrected chi connectivity index (χ2v) is 16.2. The van der Waals surface area contributed by atoms with Crippen LogP contribution < -0.4 is 0 Å². The molecule has 2 N–H and O–H groups in total. The first-order valence-corrected chi connectivity index (χ1v) is 18.9. The van der Waals surface area contributed by atoms with Gasteiger partial charge < -0.3 is 14.6 Å². The predicted octanol–water partition coefficient (Wildman–Crippen LogP) is 13.3. The van der Waals surface area contributed by atoms with Crippen LogP contribution >= 0.6 is 0 Å². The molecule has 0 unspecified atom stereocenters. The molecular formula is C46H59IrN2O4-. The molecule has 5 rings (SSSR count). The zero-order valence-electron chi connectivity index (χ0n) is 33.8. The van der Waals surface area contributed by atoms with Crippen LogP contribution in [0.3, 0.4) is 0 Å². The number of ketones is 1. The third kappa shape index (κ3) is 9.48. The van der Waals surface area contributed by atoms with Crippen LogP contribution in [0.25, 0.3) is 49.7 Å². The normalized spacial score (nSPS) is 13.2. The summed E-state index contributed by atoms with van der Waals surface area (Å²) in [6.45, 7) is 24.8. The molecule has 0 atom stereocenters. The predicted molar refractivity (Wildman–Crippen MR) is 218 cm³/mol. The molecule has 1 radical (unpaired) electrons. The van der Waals surface area contributed by atoms with E-state index in [1.807, 2.05) is 53.7 Å². The van der Waals surface area contributed by atoms with E-state index in [2.05, 4.69) is 82.1 Å². The van der Waals surface area contributed by atoms with Crippen LogP contribution in [0.4, 0.5) is 0 Å². The fourth-order valence-corrected chi connectivity index (χ4v) is 6.54. The number of hydrogen-bond donors (Lipinski definition) is 2. The Balaban J connectivity index is 0.000000359. The third-order valence-corrected chi connectivity index (χ3v) is 11.1. The van der Waals surface area contributed by atoms with E-state index in [9.17, 15) is 15.0 Å². The van der Waals surface area contributed by atoms with E-state index in [1.54, 1.807) is 13.3 Å². The Hall–Kier alpha value is -3.80. The van der Waals surface area contributed by atoms with Crippen LogP contribution in [-0.2, 0) is 30.3 Å². The van der Waals surface area contributed by atoms with Gasteiger partial charge in [0.25, 0.3) is 0 Å². The molecule has 0 bridgehead atoms. The first kappa shape index (κ1) is 43.6. The van der Waals surface area contributed by atoms with E-state index < -0.39 is 0 Å². The second-order valence-electron chi connectivity index (χ2n) is 16.2. The quantitative estimate of drug-likeness (QED) is 0.0779. The summed E-state index contributed by atoms with van der Waals surface area (Å²) in [6.07, 6.45) is 7.10. The minimum absolute atomic E-state index is 0. The van der Waals surface area contributed by atoms with Gasteiger partial charge in [-0.25, -0.2) is 4.98 Å². The van der Waals surface area contributed by atoms with Crippen molar-refractivity contribution in [1.82, 2.24) is 9.97 Å². The molecule has 0 saturated carbocycles. The summed E-state index contributed by atoms with van der Waals surface area (Å²) in [5.41, 5.74) is 5.55. The molecule has 53 heavy (non-hydrogen) atoms. The van der Waals surface area contributed by atoms with Gasteiger partial charge in [-0.3, -0.25) is 9.78 Å². The van der Waals surface area contributed by atoms with Crippen molar-refractivity contribution in [1.29, 1.82) is 0 Å². The number of carbonyl (C=O) groups is 1. The van der Waals surface area contributed by atoms with Crippen LogP contribution in [0.5, 0.6) is 0 Å². The number of hydrogen-bond acceptors (Lipinski definition) is 6. The van der Waals surface area contributed by atoms with E-state index in [0.717, 1.165) is 76.2 Å². The SMILES string of the molecule is C/C(O)=C(\CC(C)C)c1ccc2c(c1)oc1ncnc(-c3[c-]c4ccccc4c(C(C)(C)C)c3)c12.CCC(C)(CC)C(=O)/C=C(\O)C(C)(CC)CC.[Ir]. The maximum atomic E-state index is 12.2. The molecule has 0 aliphatic heterocycles. The smallest absolute Gasteiger partial charge is 0.223 e. The van der Waals surface area contributed by atoms with Gasteiger partial charge in [0.1, 0.15) is 17.7 Å². The van der Waals surface area contributed by atoms with Gasteiger partial charge in [-0.2, -0.15) is 0 Å². The van der Waals surface area contributed by atoms with Gasteiger partial charge in [-0.05, 0) is 67.6 Å². The van der Waals surface area contributed by atoms with Crippen molar-refractivity contribution in [3.05, 3.63) is 89.6 Å². The van der Waals surface area contributed by atoms with Gasteiger partial charge in [0.15, 0.2) is 5.78 Å². The number of aromatic nitrogens is 2. The molecule has 0 fully saturated rings. The van der Waals surface area contributed by atoms with E-state index in [4.69, 9.17) is 9.40 Å². The third-order valence-electron chi connectivity index (χ3n) is 11.1. The number of aliphatic hydroxyl groups excluding tert-OH is 2. The van der Waals surface area contributed by atoms with E-state index in [0.29, 0.717) is 17.4 Å². The van der Waals surface area contributed by atoms with Crippen molar-refractivity contribution in [2.45, 2.75) is 121 Å². The fourth-order valence-electron chi connectivity index (χ4n) is 6.54. The Kier molecular flexibility index (Phi) is 14.4. The summed E-state index contributed by atoms with van der Waals surface area (Å²) in [5, 5.41) is 24.6. The van der Waals surface area contributed by atoms with Crippen LogP contribution in [0.15, 0.2) is 76.9 Å². The van der Waals surface area contributed by atoms with Gasteiger partial charge in [-0.15, -0.1) is 29.1 Å². The summed E-state index contributed by atoms with van der Waals surface area (Å²) in [7, 11) is 0. The standard InChI is InChI=1S/C31H31N2O2.C15H28O2.Ir/c1-18(2)13-25(19(3)34)21-11-12-24-27(16-21)35-30-28(24)29(32-17-33-30)22-14-20-9-7-8-10-23(20)26(15-22)31(4,5)6;1-7-14(5,8-2)12(16)11-13(17)15(6,9-3)10-4;/h7-12,15-18,34H,13H2,1-6H3;11,16H,7-10H2,1-6H3;/q-1;;/b25-19-;12-11-;. The monoisotopic (exact) mass is 896 g/mol. The van der Waals surface area contributed by atoms with Crippen LogP contribution in [0, 0.1) is 22.8 Å². The molecule has 2 heterocycles. The largest absolute Gasteiger partial charge is 0.512 e. The van der Waals surface area contributed by atoms with E-state index in [1.165, 1.54) is 17.0 Å². The number of benzene rings is 3. The number of nitrogens with zero attached hydrogens (tertiary/aromatic N) is 2. The minimum atomic E-state index is -0.337. The minimum Gasteiger partial charge on any atom is -0.512 e. The number of carbonyl (C=O) groups excluding carboxylic acids is 1. The van der Waals surface area contributed by atoms with Crippen molar-refractivity contribution in [2.24, 2.45) is 16.7 Å². The van der Waals surface area contributed by atoms with Crippen LogP contribution in [0.2, 0.25) is 0 Å². The Morgan fingerprint density at radius 1 is 0.868 bits per heavy atom. The molecule has 0 spiro atoms. The van der Waals surface area contributed by atoms with Gasteiger partial charge in [0, 0.05) is 53.5 Å². The molecule has 3 aromatic carbocycles. The molecule has 5 aromatic rings. The fraction of sp³-hybridized carbons (Fsp3) is 0.457. The van der Waals surface area contributed by atoms with Crippen molar-refractivity contribution in [2.75, 3.05) is 0 Å². The first-order valence-electron chi connectivity index (χ1n) is 18.9. The molecule has 0 aliphatic carbocycles. The molecule has 287 valence electrons. The molecule has 7 heteroatoms. The molecule has 0 aliphatic rings. The summed E-state index contributed by atoms with van der Waals surface area (Å²) < 4.78 is 6.21. The summed E-state index contributed by atoms with van der Waals surface area (Å²) >= 11 is 0. The van der Waals surface area contributed by atoms with E-state index in [-0.39, 0.29) is 47.9 Å². The number of furan rings is 1. The zero-order valence-corrected chi connectivity index (χ0v) is 36.2. The Morgan fingerprint density at radius 2 is 1.49 bits per heavy atom. The van der Waals surface area contributed by atoms with E-state index >= 15 is 0 Å². The topological polar surface area (TPSA) is 96.5 Å². The second kappa shape index (κ2) is 17.6. The maximum Gasteiger partial charge on any atom is 0.223 e. The zero-order chi connectivity index (χ0) is 38.6. The molecule has 2 aromatic heterocycles. The summed E-state index contributed by atoms with van der Waals surface area (Å²) in [5.74, 6) is 1.06. The summed E-state index contributed by atoms with van der Waals surface area (Å²) in [6, 6.07) is 20.3. The number of allylic oxidation sites excluding steroid dienone is 4. The van der Waals surface area contributed by atoms with Crippen molar-refractivity contribution < 1.29 is 39.5 Å². The van der Waals surface area contributed by atoms with Crippen molar-refractivity contribution >= 4 is 44.2 Å². The number of aliphatic hydroxyl groups is 2. The number of rotatable bonds is 11. The summed E-state index contributed by atoms with van der Waals surface area (Å²) in [4.78, 5) is 21.3. The Labute approximate surface area is 330 Å². The molecular weight excluding hydrogens is 837 g/mol. The van der Waals surface area contributed by atoms with Crippen molar-refractivity contribution in [3.63, 3.8) is 0 Å². The molecule has 0 saturated heterocycles.